The molecular formula is C17H28ClN3O. The Balaban J connectivity index is 0.00000242. The Hall–Kier alpha value is -1.10. The van der Waals surface area contributed by atoms with Crippen LogP contribution in [0.25, 0.3) is 0 Å². The minimum Gasteiger partial charge on any atom is -0.351 e. The van der Waals surface area contributed by atoms with Gasteiger partial charge in [0, 0.05) is 19.1 Å². The molecule has 1 aromatic carbocycles. The van der Waals surface area contributed by atoms with Gasteiger partial charge in [0.1, 0.15) is 0 Å². The van der Waals surface area contributed by atoms with E-state index in [1.165, 1.54) is 5.56 Å². The maximum atomic E-state index is 12.1. The molecule has 0 bridgehead atoms. The summed E-state index contributed by atoms with van der Waals surface area (Å²) in [5, 5.41) is 3.00. The van der Waals surface area contributed by atoms with Crippen molar-refractivity contribution in [3.63, 3.8) is 0 Å². The van der Waals surface area contributed by atoms with Crippen LogP contribution in [0.5, 0.6) is 0 Å². The number of carbonyl (C=O) groups excluding carboxylic acids is 1. The van der Waals surface area contributed by atoms with Crippen molar-refractivity contribution < 1.29 is 4.79 Å². The van der Waals surface area contributed by atoms with Crippen LogP contribution in [-0.4, -0.2) is 36.5 Å². The fourth-order valence-electron chi connectivity index (χ4n) is 2.90. The van der Waals surface area contributed by atoms with Crippen LogP contribution in [0, 0.1) is 12.8 Å². The van der Waals surface area contributed by atoms with Gasteiger partial charge in [-0.3, -0.25) is 9.69 Å². The van der Waals surface area contributed by atoms with Crippen molar-refractivity contribution in [2.75, 3.05) is 19.6 Å². The molecule has 1 aromatic rings. The highest BCUT2D eigenvalue weighted by Crippen LogP contribution is 2.21. The standard InChI is InChI=1S/C17H27N3O.ClH/c1-13-3-5-15(6-4-13)11-19-17(21)12-20-8-7-14(2)9-16(20)10-18;/h3-6,14,16H,7-12,18H2,1-2H3,(H,19,21);1H. The van der Waals surface area contributed by atoms with E-state index in [0.29, 0.717) is 31.6 Å². The summed E-state index contributed by atoms with van der Waals surface area (Å²) in [7, 11) is 0. The Labute approximate surface area is 139 Å². The average molecular weight is 326 g/mol. The van der Waals surface area contributed by atoms with E-state index in [9.17, 15) is 4.79 Å². The van der Waals surface area contributed by atoms with Crippen molar-refractivity contribution in [2.24, 2.45) is 11.7 Å². The van der Waals surface area contributed by atoms with E-state index < -0.39 is 0 Å². The zero-order valence-corrected chi connectivity index (χ0v) is 14.4. The molecule has 2 atom stereocenters. The van der Waals surface area contributed by atoms with Gasteiger partial charge in [0.25, 0.3) is 0 Å². The first-order chi connectivity index (χ1) is 10.1. The zero-order chi connectivity index (χ0) is 15.2. The smallest absolute Gasteiger partial charge is 0.234 e. The Morgan fingerprint density at radius 2 is 2.05 bits per heavy atom. The molecule has 124 valence electrons. The number of aryl methyl sites for hydroxylation is 1. The Kier molecular flexibility index (Phi) is 7.87. The van der Waals surface area contributed by atoms with E-state index in [1.54, 1.807) is 0 Å². The van der Waals surface area contributed by atoms with Gasteiger partial charge in [-0.25, -0.2) is 0 Å². The molecule has 1 aliphatic heterocycles. The lowest BCUT2D eigenvalue weighted by atomic mass is 9.92. The molecule has 0 spiro atoms. The van der Waals surface area contributed by atoms with E-state index in [0.717, 1.165) is 24.9 Å². The molecule has 0 aromatic heterocycles. The highest BCUT2D eigenvalue weighted by molar-refractivity contribution is 5.85. The molecule has 1 fully saturated rings. The van der Waals surface area contributed by atoms with Crippen LogP contribution < -0.4 is 11.1 Å². The van der Waals surface area contributed by atoms with Gasteiger partial charge in [-0.15, -0.1) is 12.4 Å². The van der Waals surface area contributed by atoms with Gasteiger partial charge in [0.2, 0.25) is 5.91 Å². The van der Waals surface area contributed by atoms with Crippen LogP contribution in [0.15, 0.2) is 24.3 Å². The average Bonchev–Trinajstić information content (AvgIpc) is 2.48. The lowest BCUT2D eigenvalue weighted by Crippen LogP contribution is -2.50. The predicted molar refractivity (Wildman–Crippen MR) is 93.1 cm³/mol. The summed E-state index contributed by atoms with van der Waals surface area (Å²) < 4.78 is 0. The topological polar surface area (TPSA) is 58.4 Å². The summed E-state index contributed by atoms with van der Waals surface area (Å²) in [6.45, 7) is 6.98. The highest BCUT2D eigenvalue weighted by atomic mass is 35.5. The summed E-state index contributed by atoms with van der Waals surface area (Å²) in [6.07, 6.45) is 2.25. The van der Waals surface area contributed by atoms with Crippen molar-refractivity contribution in [3.05, 3.63) is 35.4 Å². The summed E-state index contributed by atoms with van der Waals surface area (Å²) in [5.74, 6) is 0.800. The van der Waals surface area contributed by atoms with Gasteiger partial charge >= 0.3 is 0 Å². The van der Waals surface area contributed by atoms with Gasteiger partial charge < -0.3 is 11.1 Å². The summed E-state index contributed by atoms with van der Waals surface area (Å²) in [5.41, 5.74) is 8.21. The van der Waals surface area contributed by atoms with Crippen molar-refractivity contribution in [1.29, 1.82) is 0 Å². The summed E-state index contributed by atoms with van der Waals surface area (Å²) in [4.78, 5) is 14.3. The predicted octanol–water partition coefficient (Wildman–Crippen LogP) is 2.09. The fourth-order valence-corrected chi connectivity index (χ4v) is 2.90. The number of amides is 1. The van der Waals surface area contributed by atoms with E-state index in [1.807, 2.05) is 0 Å². The van der Waals surface area contributed by atoms with Gasteiger partial charge in [0.05, 0.1) is 6.54 Å². The second-order valence-corrected chi connectivity index (χ2v) is 6.25. The number of nitrogens with zero attached hydrogens (tertiary/aromatic N) is 1. The summed E-state index contributed by atoms with van der Waals surface area (Å²) >= 11 is 0. The van der Waals surface area contributed by atoms with Gasteiger partial charge in [0.15, 0.2) is 0 Å². The first-order valence-electron chi connectivity index (χ1n) is 7.85. The maximum absolute atomic E-state index is 12.1. The third-order valence-electron chi connectivity index (χ3n) is 4.33. The first kappa shape index (κ1) is 18.9. The zero-order valence-electron chi connectivity index (χ0n) is 13.5. The second-order valence-electron chi connectivity index (χ2n) is 6.25. The van der Waals surface area contributed by atoms with E-state index >= 15 is 0 Å². The van der Waals surface area contributed by atoms with Gasteiger partial charge in [-0.2, -0.15) is 0 Å². The van der Waals surface area contributed by atoms with Crippen LogP contribution in [0.1, 0.15) is 30.9 Å². The van der Waals surface area contributed by atoms with Crippen LogP contribution in [0.2, 0.25) is 0 Å². The Morgan fingerprint density at radius 3 is 2.68 bits per heavy atom. The number of halogens is 1. The molecule has 0 radical (unpaired) electrons. The Bertz CT molecular complexity index is 463. The molecule has 4 nitrogen and oxygen atoms in total. The minimum atomic E-state index is 0. The van der Waals surface area contributed by atoms with Gasteiger partial charge in [-0.05, 0) is 37.8 Å². The number of piperidine rings is 1. The number of hydrogen-bond donors (Lipinski definition) is 2. The van der Waals surface area contributed by atoms with Crippen molar-refractivity contribution >= 4 is 18.3 Å². The third-order valence-corrected chi connectivity index (χ3v) is 4.33. The first-order valence-corrected chi connectivity index (χ1v) is 7.85. The molecule has 2 rings (SSSR count). The molecule has 1 saturated heterocycles. The van der Waals surface area contributed by atoms with Crippen molar-refractivity contribution in [1.82, 2.24) is 10.2 Å². The molecule has 0 saturated carbocycles. The largest absolute Gasteiger partial charge is 0.351 e. The van der Waals surface area contributed by atoms with E-state index in [-0.39, 0.29) is 18.3 Å². The number of hydrogen-bond acceptors (Lipinski definition) is 3. The molecular weight excluding hydrogens is 298 g/mol. The Morgan fingerprint density at radius 1 is 1.36 bits per heavy atom. The van der Waals surface area contributed by atoms with E-state index in [2.05, 4.69) is 48.3 Å². The highest BCUT2D eigenvalue weighted by Gasteiger charge is 2.26. The third kappa shape index (κ3) is 5.59. The molecule has 3 N–H and O–H groups in total. The number of likely N-dealkylation sites (tertiary alicyclic amines) is 1. The molecule has 1 aliphatic rings. The quantitative estimate of drug-likeness (QED) is 0.871. The monoisotopic (exact) mass is 325 g/mol. The van der Waals surface area contributed by atoms with Crippen LogP contribution in [0.4, 0.5) is 0 Å². The molecule has 1 amide bonds. The normalized spacial score (nSPS) is 22.0. The van der Waals surface area contributed by atoms with E-state index in [4.69, 9.17) is 5.73 Å². The van der Waals surface area contributed by atoms with Crippen LogP contribution in [-0.2, 0) is 11.3 Å². The van der Waals surface area contributed by atoms with Crippen molar-refractivity contribution in [2.45, 2.75) is 39.3 Å². The van der Waals surface area contributed by atoms with Crippen LogP contribution >= 0.6 is 12.4 Å². The fraction of sp³-hybridized carbons (Fsp3) is 0.588. The molecule has 22 heavy (non-hydrogen) atoms. The summed E-state index contributed by atoms with van der Waals surface area (Å²) in [6, 6.07) is 8.59. The molecule has 2 unspecified atom stereocenters. The maximum Gasteiger partial charge on any atom is 0.234 e. The lowest BCUT2D eigenvalue weighted by Gasteiger charge is -2.37. The van der Waals surface area contributed by atoms with Gasteiger partial charge in [-0.1, -0.05) is 36.8 Å². The van der Waals surface area contributed by atoms with Crippen LogP contribution in [0.3, 0.4) is 0 Å². The number of benzene rings is 1. The molecule has 1 heterocycles. The number of nitrogens with one attached hydrogen (secondary N) is 1. The lowest BCUT2D eigenvalue weighted by molar-refractivity contribution is -0.123. The number of rotatable bonds is 5. The molecule has 5 heteroatoms. The number of carbonyl (C=O) groups is 1. The molecule has 0 aliphatic carbocycles. The minimum absolute atomic E-state index is 0. The SMILES string of the molecule is Cc1ccc(CNC(=O)CN2CCC(C)CC2CN)cc1.Cl. The second kappa shape index (κ2) is 9.13. The number of nitrogens with two attached hydrogens (primary N) is 1. The van der Waals surface area contributed by atoms with Crippen molar-refractivity contribution in [3.8, 4) is 0 Å².